The third kappa shape index (κ3) is 7.92. The first-order valence-electron chi connectivity index (χ1n) is 9.48. The first kappa shape index (κ1) is 22.2. The number of unbranched alkanes of at least 4 members (excludes halogenated alkanes) is 1. The number of aliphatic imine (C=N–C) groups is 1. The average molecular weight is 462 g/mol. The van der Waals surface area contributed by atoms with Gasteiger partial charge in [0.1, 0.15) is 12.7 Å². The Kier molecular flexibility index (Phi) is 10.4. The number of nitrogens with one attached hydrogen (secondary N) is 2. The van der Waals surface area contributed by atoms with Crippen molar-refractivity contribution >= 4 is 29.9 Å². The topological polar surface area (TPSA) is 67.1 Å². The highest BCUT2D eigenvalue weighted by molar-refractivity contribution is 14.0. The van der Waals surface area contributed by atoms with Gasteiger partial charge in [-0.05, 0) is 50.4 Å². The van der Waals surface area contributed by atoms with E-state index in [1.165, 1.54) is 25.7 Å². The van der Waals surface area contributed by atoms with Crippen LogP contribution in [0.4, 0.5) is 0 Å². The fourth-order valence-electron chi connectivity index (χ4n) is 3.52. The van der Waals surface area contributed by atoms with Crippen molar-refractivity contribution in [2.75, 3.05) is 19.6 Å². The maximum absolute atomic E-state index is 4.88. The number of aromatic nitrogens is 3. The lowest BCUT2D eigenvalue weighted by Crippen LogP contribution is -2.40. The van der Waals surface area contributed by atoms with Gasteiger partial charge in [0.15, 0.2) is 5.96 Å². The number of halogens is 1. The number of nitrogens with zero attached hydrogens (tertiary/aromatic N) is 4. The molecule has 0 radical (unpaired) electrons. The van der Waals surface area contributed by atoms with Crippen LogP contribution in [-0.4, -0.2) is 40.4 Å². The Morgan fingerprint density at radius 3 is 2.48 bits per heavy atom. The van der Waals surface area contributed by atoms with Crippen molar-refractivity contribution in [2.45, 2.75) is 65.8 Å². The molecule has 1 aromatic rings. The molecule has 6 nitrogen and oxygen atoms in total. The largest absolute Gasteiger partial charge is 0.357 e. The molecule has 0 aliphatic heterocycles. The zero-order chi connectivity index (χ0) is 17.3. The molecule has 144 valence electrons. The van der Waals surface area contributed by atoms with Crippen LogP contribution in [0.3, 0.4) is 0 Å². The summed E-state index contributed by atoms with van der Waals surface area (Å²) in [5.41, 5.74) is 0.463. The summed E-state index contributed by atoms with van der Waals surface area (Å²) in [4.78, 5) is 4.88. The third-order valence-electron chi connectivity index (χ3n) is 4.77. The van der Waals surface area contributed by atoms with Gasteiger partial charge in [0.05, 0.1) is 0 Å². The molecule has 1 aromatic heterocycles. The summed E-state index contributed by atoms with van der Waals surface area (Å²) in [5.74, 6) is 1.73. The molecule has 0 atom stereocenters. The second-order valence-corrected chi connectivity index (χ2v) is 7.48. The Hall–Kier alpha value is -0.860. The van der Waals surface area contributed by atoms with Crippen LogP contribution in [0.2, 0.25) is 0 Å². The highest BCUT2D eigenvalue weighted by Crippen LogP contribution is 2.46. The fraction of sp³-hybridized carbons (Fsp3) is 0.833. The Labute approximate surface area is 169 Å². The number of aryl methyl sites for hydroxylation is 1. The lowest BCUT2D eigenvalue weighted by atomic mass is 9.64. The fourth-order valence-corrected chi connectivity index (χ4v) is 3.52. The minimum Gasteiger partial charge on any atom is -0.357 e. The number of hydrogen-bond donors (Lipinski definition) is 2. The Morgan fingerprint density at radius 2 is 1.92 bits per heavy atom. The lowest BCUT2D eigenvalue weighted by Gasteiger charge is -2.42. The molecule has 0 saturated heterocycles. The molecule has 0 bridgehead atoms. The highest BCUT2D eigenvalue weighted by atomic mass is 127. The van der Waals surface area contributed by atoms with Crippen LogP contribution in [0.25, 0.3) is 0 Å². The molecular formula is C18H35IN6. The van der Waals surface area contributed by atoms with E-state index in [9.17, 15) is 0 Å². The van der Waals surface area contributed by atoms with Gasteiger partial charge in [0, 0.05) is 26.2 Å². The van der Waals surface area contributed by atoms with E-state index in [0.717, 1.165) is 50.9 Å². The van der Waals surface area contributed by atoms with Crippen LogP contribution >= 0.6 is 24.0 Å². The van der Waals surface area contributed by atoms with Crippen LogP contribution in [0.1, 0.15) is 59.3 Å². The summed E-state index contributed by atoms with van der Waals surface area (Å²) in [6, 6.07) is 0. The molecule has 7 heteroatoms. The van der Waals surface area contributed by atoms with E-state index in [-0.39, 0.29) is 24.0 Å². The van der Waals surface area contributed by atoms with Gasteiger partial charge in [-0.2, -0.15) is 0 Å². The summed E-state index contributed by atoms with van der Waals surface area (Å²) >= 11 is 0. The maximum Gasteiger partial charge on any atom is 0.191 e. The Balaban J connectivity index is 0.00000312. The van der Waals surface area contributed by atoms with Gasteiger partial charge in [-0.1, -0.05) is 20.3 Å². The second-order valence-electron chi connectivity index (χ2n) is 7.48. The predicted molar refractivity (Wildman–Crippen MR) is 114 cm³/mol. The number of guanidine groups is 1. The molecule has 0 spiro atoms. The molecule has 1 saturated carbocycles. The quantitative estimate of drug-likeness (QED) is 0.242. The standard InChI is InChI=1S/C18H34N6.HI/c1-4-19-17(20-10-5-6-11-24-14-22-23-15-24)21-13-18(8-7-9-18)12-16(2)3;/h14-16H,4-13H2,1-3H3,(H2,19,20,21);1H. The minimum atomic E-state index is 0. The van der Waals surface area contributed by atoms with Gasteiger partial charge in [-0.3, -0.25) is 4.99 Å². The predicted octanol–water partition coefficient (Wildman–Crippen LogP) is 3.45. The molecule has 0 amide bonds. The first-order chi connectivity index (χ1) is 11.6. The maximum atomic E-state index is 4.88. The van der Waals surface area contributed by atoms with E-state index >= 15 is 0 Å². The Morgan fingerprint density at radius 1 is 1.20 bits per heavy atom. The molecule has 1 aliphatic carbocycles. The van der Waals surface area contributed by atoms with Crippen molar-refractivity contribution in [1.82, 2.24) is 25.4 Å². The van der Waals surface area contributed by atoms with Crippen molar-refractivity contribution in [1.29, 1.82) is 0 Å². The summed E-state index contributed by atoms with van der Waals surface area (Å²) < 4.78 is 2.02. The summed E-state index contributed by atoms with van der Waals surface area (Å²) in [6.07, 6.45) is 11.1. The molecule has 1 heterocycles. The Bertz CT molecular complexity index is 482. The first-order valence-corrected chi connectivity index (χ1v) is 9.48. The van der Waals surface area contributed by atoms with E-state index < -0.39 is 0 Å². The van der Waals surface area contributed by atoms with E-state index in [2.05, 4.69) is 41.6 Å². The van der Waals surface area contributed by atoms with Crippen molar-refractivity contribution in [3.63, 3.8) is 0 Å². The number of rotatable bonds is 10. The van der Waals surface area contributed by atoms with E-state index in [1.54, 1.807) is 12.7 Å². The van der Waals surface area contributed by atoms with Gasteiger partial charge < -0.3 is 15.2 Å². The minimum absolute atomic E-state index is 0. The van der Waals surface area contributed by atoms with Crippen LogP contribution in [0.15, 0.2) is 17.6 Å². The molecule has 2 rings (SSSR count). The van der Waals surface area contributed by atoms with Crippen LogP contribution in [0.5, 0.6) is 0 Å². The van der Waals surface area contributed by atoms with Crippen molar-refractivity contribution in [3.05, 3.63) is 12.7 Å². The van der Waals surface area contributed by atoms with E-state index in [1.807, 2.05) is 4.57 Å². The zero-order valence-corrected chi connectivity index (χ0v) is 18.3. The highest BCUT2D eigenvalue weighted by Gasteiger charge is 2.37. The molecule has 2 N–H and O–H groups in total. The summed E-state index contributed by atoms with van der Waals surface area (Å²) in [5, 5.41) is 14.5. The van der Waals surface area contributed by atoms with Crippen molar-refractivity contribution in [3.8, 4) is 0 Å². The molecule has 1 fully saturated rings. The molecule has 0 unspecified atom stereocenters. The summed E-state index contributed by atoms with van der Waals surface area (Å²) in [7, 11) is 0. The van der Waals surface area contributed by atoms with Crippen LogP contribution < -0.4 is 10.6 Å². The van der Waals surface area contributed by atoms with Crippen molar-refractivity contribution < 1.29 is 0 Å². The molecular weight excluding hydrogens is 427 g/mol. The van der Waals surface area contributed by atoms with E-state index in [4.69, 9.17) is 4.99 Å². The smallest absolute Gasteiger partial charge is 0.191 e. The van der Waals surface area contributed by atoms with E-state index in [0.29, 0.717) is 5.41 Å². The normalized spacial score (nSPS) is 16.2. The van der Waals surface area contributed by atoms with Crippen LogP contribution in [0, 0.1) is 11.3 Å². The molecule has 0 aromatic carbocycles. The lowest BCUT2D eigenvalue weighted by molar-refractivity contribution is 0.111. The van der Waals surface area contributed by atoms with Crippen molar-refractivity contribution in [2.24, 2.45) is 16.3 Å². The van der Waals surface area contributed by atoms with Gasteiger partial charge >= 0.3 is 0 Å². The summed E-state index contributed by atoms with van der Waals surface area (Å²) in [6.45, 7) is 10.6. The van der Waals surface area contributed by atoms with Gasteiger partial charge in [0.2, 0.25) is 0 Å². The third-order valence-corrected chi connectivity index (χ3v) is 4.77. The SMILES string of the molecule is CCNC(=NCC1(CC(C)C)CCC1)NCCCCn1cnnc1.I. The van der Waals surface area contributed by atoms with Gasteiger partial charge in [-0.25, -0.2) is 0 Å². The van der Waals surface area contributed by atoms with Gasteiger partial charge in [-0.15, -0.1) is 34.2 Å². The number of hydrogen-bond acceptors (Lipinski definition) is 3. The van der Waals surface area contributed by atoms with Crippen LogP contribution in [-0.2, 0) is 6.54 Å². The zero-order valence-electron chi connectivity index (χ0n) is 16.0. The second kappa shape index (κ2) is 11.7. The molecule has 25 heavy (non-hydrogen) atoms. The van der Waals surface area contributed by atoms with Gasteiger partial charge in [0.25, 0.3) is 0 Å². The molecule has 1 aliphatic rings. The monoisotopic (exact) mass is 462 g/mol. The average Bonchev–Trinajstić information content (AvgIpc) is 3.02.